The zero-order valence-electron chi connectivity index (χ0n) is 37.7. The van der Waals surface area contributed by atoms with Crippen LogP contribution in [0, 0.1) is 0 Å². The van der Waals surface area contributed by atoms with Gasteiger partial charge in [0.1, 0.15) is 0 Å². The summed E-state index contributed by atoms with van der Waals surface area (Å²) in [5.74, 6) is 0.674. The molecule has 5 aromatic heterocycles. The van der Waals surface area contributed by atoms with Gasteiger partial charge in [-0.15, -0.1) is 11.3 Å². The van der Waals surface area contributed by atoms with Gasteiger partial charge in [0.25, 0.3) is 0 Å². The molecule has 0 radical (unpaired) electrons. The second-order valence-corrected chi connectivity index (χ2v) is 19.2. The quantitative estimate of drug-likeness (QED) is 0.167. The SMILES string of the molecule is c1ccc(-c2nc(-c3cc(-n4c5ccccc5c5ccccc54)c(-n4c5ccccc5c5ccccc54)c(-n4c5ccccc5c5ccccc54)c3)cc(-c3cccc4sc5ccccc5c34)n2)cc1. The van der Waals surface area contributed by atoms with Crippen molar-refractivity contribution in [3.8, 4) is 51.0 Å². The van der Waals surface area contributed by atoms with Gasteiger partial charge in [-0.1, -0.05) is 170 Å². The molecule has 6 heteroatoms. The molecular formula is C64H39N5S. The summed E-state index contributed by atoms with van der Waals surface area (Å²) < 4.78 is 9.98. The standard InChI is InChI=1S/C64H39N5S/c1-2-19-40(20-3-1)64-65-50(39-51(66-64)48-28-18-36-61-62(48)49-27-10-17-35-60(49)70-61)41-37-58(67-52-29-11-4-21-42(52)43-22-5-12-30-53(43)67)63(69-56-33-15-8-25-46(56)47-26-9-16-34-57(47)69)59(38-41)68-54-31-13-6-23-44(54)45-24-7-14-32-55(45)68/h1-39H. The van der Waals surface area contributed by atoms with E-state index in [0.717, 1.165) is 78.2 Å². The van der Waals surface area contributed by atoms with Crippen molar-refractivity contribution in [3.63, 3.8) is 0 Å². The highest BCUT2D eigenvalue weighted by atomic mass is 32.1. The van der Waals surface area contributed by atoms with Crippen LogP contribution >= 0.6 is 11.3 Å². The van der Waals surface area contributed by atoms with E-state index in [0.29, 0.717) is 5.82 Å². The first-order valence-electron chi connectivity index (χ1n) is 23.7. The normalized spacial score (nSPS) is 12.0. The van der Waals surface area contributed by atoms with Crippen LogP contribution in [0.1, 0.15) is 0 Å². The van der Waals surface area contributed by atoms with Crippen molar-refractivity contribution in [2.24, 2.45) is 0 Å². The molecule has 0 unspecified atom stereocenters. The fourth-order valence-electron chi connectivity index (χ4n) is 11.3. The molecule has 15 rings (SSSR count). The number of nitrogens with zero attached hydrogens (tertiary/aromatic N) is 5. The van der Waals surface area contributed by atoms with E-state index in [1.54, 1.807) is 0 Å². The van der Waals surface area contributed by atoms with Crippen LogP contribution < -0.4 is 0 Å². The lowest BCUT2D eigenvalue weighted by molar-refractivity contribution is 1.05. The van der Waals surface area contributed by atoms with Crippen LogP contribution in [0.5, 0.6) is 0 Å². The summed E-state index contributed by atoms with van der Waals surface area (Å²) in [6.45, 7) is 0. The lowest BCUT2D eigenvalue weighted by Crippen LogP contribution is -2.10. The first kappa shape index (κ1) is 38.9. The Kier molecular flexibility index (Phi) is 8.46. The fourth-order valence-corrected chi connectivity index (χ4v) is 12.4. The Morgan fingerprint density at radius 2 is 0.700 bits per heavy atom. The minimum Gasteiger partial charge on any atom is -0.307 e. The Balaban J connectivity index is 1.15. The van der Waals surface area contributed by atoms with Gasteiger partial charge >= 0.3 is 0 Å². The minimum atomic E-state index is 0.674. The molecule has 0 spiro atoms. The van der Waals surface area contributed by atoms with Gasteiger partial charge in [-0.05, 0) is 66.7 Å². The molecule has 0 aliphatic heterocycles. The third kappa shape index (κ3) is 5.71. The average Bonchev–Trinajstić information content (AvgIpc) is 4.17. The van der Waals surface area contributed by atoms with Crippen molar-refractivity contribution >= 4 is 96.9 Å². The highest BCUT2D eigenvalue weighted by Crippen LogP contribution is 2.46. The van der Waals surface area contributed by atoms with E-state index in [1.165, 1.54) is 52.5 Å². The van der Waals surface area contributed by atoms with Crippen LogP contribution in [0.4, 0.5) is 0 Å². The van der Waals surface area contributed by atoms with Crippen LogP contribution in [0.15, 0.2) is 237 Å². The van der Waals surface area contributed by atoms with E-state index in [2.05, 4.69) is 250 Å². The van der Waals surface area contributed by atoms with Gasteiger partial charge in [0, 0.05) is 69.2 Å². The van der Waals surface area contributed by atoms with Crippen molar-refractivity contribution < 1.29 is 0 Å². The predicted octanol–water partition coefficient (Wildman–Crippen LogP) is 17.1. The Labute approximate surface area is 406 Å². The van der Waals surface area contributed by atoms with Gasteiger partial charge in [-0.25, -0.2) is 9.97 Å². The number of fused-ring (bicyclic) bond motifs is 12. The second-order valence-electron chi connectivity index (χ2n) is 18.1. The van der Waals surface area contributed by atoms with Crippen LogP contribution in [-0.2, 0) is 0 Å². The average molecular weight is 910 g/mol. The zero-order valence-corrected chi connectivity index (χ0v) is 38.5. The van der Waals surface area contributed by atoms with Crippen molar-refractivity contribution in [3.05, 3.63) is 237 Å². The van der Waals surface area contributed by atoms with E-state index < -0.39 is 0 Å². The van der Waals surface area contributed by atoms with Gasteiger partial charge < -0.3 is 13.7 Å². The van der Waals surface area contributed by atoms with E-state index in [-0.39, 0.29) is 0 Å². The zero-order chi connectivity index (χ0) is 45.9. The van der Waals surface area contributed by atoms with Gasteiger partial charge in [0.2, 0.25) is 0 Å². The maximum Gasteiger partial charge on any atom is 0.160 e. The molecule has 0 saturated heterocycles. The maximum absolute atomic E-state index is 5.58. The number of thiophene rings is 1. The first-order valence-corrected chi connectivity index (χ1v) is 24.6. The topological polar surface area (TPSA) is 40.6 Å². The highest BCUT2D eigenvalue weighted by molar-refractivity contribution is 7.25. The van der Waals surface area contributed by atoms with Crippen molar-refractivity contribution in [2.75, 3.05) is 0 Å². The van der Waals surface area contributed by atoms with Crippen LogP contribution in [0.2, 0.25) is 0 Å². The van der Waals surface area contributed by atoms with Crippen molar-refractivity contribution in [2.45, 2.75) is 0 Å². The summed E-state index contributed by atoms with van der Waals surface area (Å²) in [6, 6.07) is 85.7. The molecule has 5 heterocycles. The van der Waals surface area contributed by atoms with E-state index >= 15 is 0 Å². The fraction of sp³-hybridized carbons (Fsp3) is 0. The molecule has 0 N–H and O–H groups in total. The maximum atomic E-state index is 5.58. The summed E-state index contributed by atoms with van der Waals surface area (Å²) in [4.78, 5) is 11.0. The molecule has 0 saturated carbocycles. The Hall–Kier alpha value is -9.10. The van der Waals surface area contributed by atoms with E-state index in [4.69, 9.17) is 9.97 Å². The number of aromatic nitrogens is 5. The molecule has 5 nitrogen and oxygen atoms in total. The molecular weight excluding hydrogens is 871 g/mol. The van der Waals surface area contributed by atoms with Gasteiger partial charge in [-0.2, -0.15) is 0 Å². The number of para-hydroxylation sites is 6. The van der Waals surface area contributed by atoms with Crippen molar-refractivity contribution in [1.82, 2.24) is 23.7 Å². The number of benzene rings is 10. The first-order chi connectivity index (χ1) is 34.7. The molecule has 0 aliphatic carbocycles. The Morgan fingerprint density at radius 1 is 0.300 bits per heavy atom. The molecule has 0 amide bonds. The number of hydrogen-bond donors (Lipinski definition) is 0. The number of hydrogen-bond acceptors (Lipinski definition) is 3. The summed E-state index contributed by atoms with van der Waals surface area (Å²) in [5.41, 5.74) is 14.6. The molecule has 10 aromatic carbocycles. The molecule has 0 aliphatic rings. The smallest absolute Gasteiger partial charge is 0.160 e. The second kappa shape index (κ2) is 15.2. The Bertz CT molecular complexity index is 4310. The largest absolute Gasteiger partial charge is 0.307 e. The van der Waals surface area contributed by atoms with Crippen LogP contribution in [0.3, 0.4) is 0 Å². The molecule has 326 valence electrons. The third-order valence-corrected chi connectivity index (χ3v) is 15.4. The summed E-state index contributed by atoms with van der Waals surface area (Å²) in [6.07, 6.45) is 0. The monoisotopic (exact) mass is 909 g/mol. The van der Waals surface area contributed by atoms with Crippen molar-refractivity contribution in [1.29, 1.82) is 0 Å². The molecule has 0 bridgehead atoms. The summed E-state index contributed by atoms with van der Waals surface area (Å²) in [7, 11) is 0. The summed E-state index contributed by atoms with van der Waals surface area (Å²) in [5, 5.41) is 9.63. The van der Waals surface area contributed by atoms with Crippen LogP contribution in [-0.4, -0.2) is 23.7 Å². The Morgan fingerprint density at radius 3 is 1.20 bits per heavy atom. The highest BCUT2D eigenvalue weighted by Gasteiger charge is 2.27. The van der Waals surface area contributed by atoms with E-state index in [9.17, 15) is 0 Å². The molecule has 0 atom stereocenters. The molecule has 15 aromatic rings. The number of rotatable bonds is 6. The van der Waals surface area contributed by atoms with Gasteiger partial charge in [0.05, 0.1) is 61.6 Å². The molecule has 0 fully saturated rings. The van der Waals surface area contributed by atoms with E-state index in [1.807, 2.05) is 11.3 Å². The van der Waals surface area contributed by atoms with Gasteiger partial charge in [0.15, 0.2) is 5.82 Å². The lowest BCUT2D eigenvalue weighted by Gasteiger charge is -2.23. The lowest BCUT2D eigenvalue weighted by atomic mass is 10.0. The van der Waals surface area contributed by atoms with Gasteiger partial charge in [-0.3, -0.25) is 0 Å². The summed E-state index contributed by atoms with van der Waals surface area (Å²) >= 11 is 1.83. The molecule has 70 heavy (non-hydrogen) atoms. The third-order valence-electron chi connectivity index (χ3n) is 14.2. The predicted molar refractivity (Wildman–Crippen MR) is 294 cm³/mol. The van der Waals surface area contributed by atoms with Crippen LogP contribution in [0.25, 0.3) is 137 Å². The minimum absolute atomic E-state index is 0.674.